The molecule has 0 saturated carbocycles. The van der Waals surface area contributed by atoms with Crippen LogP contribution in [0.5, 0.6) is 11.5 Å². The van der Waals surface area contributed by atoms with Crippen LogP contribution in [0.2, 0.25) is 0 Å². The number of nitrogens with zero attached hydrogens (tertiary/aromatic N) is 5. The highest BCUT2D eigenvalue weighted by Crippen LogP contribution is 2.43. The summed E-state index contributed by atoms with van der Waals surface area (Å²) in [6, 6.07) is 51.2. The highest BCUT2D eigenvalue weighted by Gasteiger charge is 2.22. The molecular formula is C50H41N5O. The number of para-hydroxylation sites is 3. The van der Waals surface area contributed by atoms with Gasteiger partial charge in [-0.2, -0.15) is 0 Å². The molecule has 0 saturated heterocycles. The van der Waals surface area contributed by atoms with Crippen molar-refractivity contribution >= 4 is 43.6 Å². The predicted molar refractivity (Wildman–Crippen MR) is 230 cm³/mol. The van der Waals surface area contributed by atoms with Gasteiger partial charge in [0.05, 0.1) is 27.8 Å². The zero-order valence-corrected chi connectivity index (χ0v) is 31.9. The maximum Gasteiger partial charge on any atom is 0.144 e. The number of hydrogen-bond acceptors (Lipinski definition) is 3. The molecule has 4 aromatic heterocycles. The lowest BCUT2D eigenvalue weighted by Crippen LogP contribution is -2.07. The van der Waals surface area contributed by atoms with Gasteiger partial charge in [0.25, 0.3) is 0 Å². The highest BCUT2D eigenvalue weighted by molar-refractivity contribution is 6.29. The summed E-state index contributed by atoms with van der Waals surface area (Å²) in [6.45, 7) is 9.01. The van der Waals surface area contributed by atoms with Gasteiger partial charge in [0, 0.05) is 57.5 Å². The maximum atomic E-state index is 6.73. The second-order valence-electron chi connectivity index (χ2n) is 15.1. The van der Waals surface area contributed by atoms with E-state index in [1.165, 1.54) is 38.5 Å². The number of hydrogen-bond donors (Lipinski definition) is 0. The monoisotopic (exact) mass is 727 g/mol. The van der Waals surface area contributed by atoms with E-state index in [2.05, 4.69) is 169 Å². The lowest BCUT2D eigenvalue weighted by molar-refractivity contribution is 0.483. The van der Waals surface area contributed by atoms with Crippen LogP contribution < -0.4 is 4.74 Å². The number of imidazole rings is 1. The quantitative estimate of drug-likeness (QED) is 0.157. The van der Waals surface area contributed by atoms with Crippen molar-refractivity contribution in [3.8, 4) is 40.1 Å². The Kier molecular flexibility index (Phi) is 8.07. The molecule has 4 heterocycles. The van der Waals surface area contributed by atoms with E-state index in [1.54, 1.807) is 0 Å². The summed E-state index contributed by atoms with van der Waals surface area (Å²) < 4.78 is 13.6. The first-order valence-electron chi connectivity index (χ1n) is 19.4. The van der Waals surface area contributed by atoms with Crippen molar-refractivity contribution in [2.45, 2.75) is 39.5 Å². The van der Waals surface area contributed by atoms with Crippen molar-refractivity contribution in [2.24, 2.45) is 0 Å². The van der Waals surface area contributed by atoms with Crippen LogP contribution in [0.4, 0.5) is 0 Å². The number of fused-ring (bicyclic) bond motifs is 7. The molecule has 0 amide bonds. The molecule has 0 bridgehead atoms. The van der Waals surface area contributed by atoms with Crippen molar-refractivity contribution < 1.29 is 4.74 Å². The van der Waals surface area contributed by atoms with E-state index >= 15 is 0 Å². The molecule has 6 nitrogen and oxygen atoms in total. The predicted octanol–water partition coefficient (Wildman–Crippen LogP) is 13.2. The van der Waals surface area contributed by atoms with Crippen molar-refractivity contribution in [1.82, 2.24) is 23.7 Å². The fourth-order valence-corrected chi connectivity index (χ4v) is 8.52. The minimum Gasteiger partial charge on any atom is -0.457 e. The Hall–Kier alpha value is -6.92. The summed E-state index contributed by atoms with van der Waals surface area (Å²) in [5.74, 6) is 3.95. The molecular weight excluding hydrogens is 687 g/mol. The van der Waals surface area contributed by atoms with Gasteiger partial charge in [-0.3, -0.25) is 9.13 Å². The summed E-state index contributed by atoms with van der Waals surface area (Å²) in [6.07, 6.45) is 5.82. The van der Waals surface area contributed by atoms with Gasteiger partial charge in [-0.1, -0.05) is 100 Å². The van der Waals surface area contributed by atoms with Crippen molar-refractivity contribution in [1.29, 1.82) is 0 Å². The second-order valence-corrected chi connectivity index (χ2v) is 15.1. The largest absolute Gasteiger partial charge is 0.457 e. The molecule has 0 unspecified atom stereocenters. The van der Waals surface area contributed by atoms with Crippen LogP contribution in [0.1, 0.15) is 50.7 Å². The molecule has 6 heteroatoms. The highest BCUT2D eigenvalue weighted by atomic mass is 16.5. The zero-order valence-electron chi connectivity index (χ0n) is 31.9. The van der Waals surface area contributed by atoms with Gasteiger partial charge < -0.3 is 9.30 Å². The van der Waals surface area contributed by atoms with E-state index in [1.807, 2.05) is 36.7 Å². The van der Waals surface area contributed by atoms with E-state index in [-0.39, 0.29) is 0 Å². The molecule has 0 N–H and O–H groups in total. The lowest BCUT2D eigenvalue weighted by Gasteiger charge is -2.22. The van der Waals surface area contributed by atoms with Gasteiger partial charge in [0.2, 0.25) is 0 Å². The minimum absolute atomic E-state index is 0.365. The third-order valence-corrected chi connectivity index (χ3v) is 11.0. The van der Waals surface area contributed by atoms with Crippen LogP contribution >= 0.6 is 0 Å². The van der Waals surface area contributed by atoms with Gasteiger partial charge >= 0.3 is 0 Å². The summed E-state index contributed by atoms with van der Waals surface area (Å²) in [5.41, 5.74) is 10.4. The van der Waals surface area contributed by atoms with Gasteiger partial charge in [-0.25, -0.2) is 9.97 Å². The van der Waals surface area contributed by atoms with E-state index in [9.17, 15) is 0 Å². The maximum absolute atomic E-state index is 6.73. The fourth-order valence-electron chi connectivity index (χ4n) is 8.52. The van der Waals surface area contributed by atoms with Crippen LogP contribution in [0.25, 0.3) is 72.2 Å². The lowest BCUT2D eigenvalue weighted by atomic mass is 9.92. The molecule has 0 radical (unpaired) electrons. The number of pyridine rings is 1. The summed E-state index contributed by atoms with van der Waals surface area (Å²) in [4.78, 5) is 9.73. The molecule has 10 rings (SSSR count). The molecule has 0 aliphatic rings. The fraction of sp³-hybridized carbons (Fsp3) is 0.120. The molecule has 6 aromatic carbocycles. The van der Waals surface area contributed by atoms with E-state index in [4.69, 9.17) is 14.7 Å². The zero-order chi connectivity index (χ0) is 37.9. The molecule has 0 aliphatic heterocycles. The first-order chi connectivity index (χ1) is 27.5. The van der Waals surface area contributed by atoms with Crippen LogP contribution in [0, 0.1) is 0 Å². The Balaban J connectivity index is 1.12. The summed E-state index contributed by atoms with van der Waals surface area (Å²) in [7, 11) is 0. The molecule has 0 spiro atoms. The van der Waals surface area contributed by atoms with Gasteiger partial charge in [0.1, 0.15) is 23.1 Å². The van der Waals surface area contributed by atoms with E-state index < -0.39 is 0 Å². The second kappa shape index (κ2) is 13.4. The number of ether oxygens (including phenoxy) is 1. The first-order valence-corrected chi connectivity index (χ1v) is 19.4. The Labute approximate surface area is 325 Å². The number of benzene rings is 6. The summed E-state index contributed by atoms with van der Waals surface area (Å²) >= 11 is 0. The average molecular weight is 728 g/mol. The van der Waals surface area contributed by atoms with Crippen LogP contribution in [0.3, 0.4) is 0 Å². The molecule has 0 atom stereocenters. The molecule has 0 fully saturated rings. The van der Waals surface area contributed by atoms with E-state index in [0.29, 0.717) is 11.8 Å². The Morgan fingerprint density at radius 3 is 1.93 bits per heavy atom. The minimum atomic E-state index is 0.365. The molecule has 272 valence electrons. The van der Waals surface area contributed by atoms with Crippen molar-refractivity contribution in [2.75, 3.05) is 0 Å². The topological polar surface area (TPSA) is 49.8 Å². The van der Waals surface area contributed by atoms with E-state index in [0.717, 1.165) is 56.3 Å². The third kappa shape index (κ3) is 5.40. The number of aromatic nitrogens is 5. The molecule has 56 heavy (non-hydrogen) atoms. The van der Waals surface area contributed by atoms with Gasteiger partial charge in [0.15, 0.2) is 0 Å². The normalized spacial score (nSPS) is 11.9. The van der Waals surface area contributed by atoms with Crippen LogP contribution in [-0.2, 0) is 0 Å². The van der Waals surface area contributed by atoms with Gasteiger partial charge in [-0.05, 0) is 89.7 Å². The van der Waals surface area contributed by atoms with Crippen LogP contribution in [0.15, 0.2) is 164 Å². The summed E-state index contributed by atoms with van der Waals surface area (Å²) in [5, 5.41) is 4.76. The first kappa shape index (κ1) is 33.6. The SMILES string of the molecule is CC(C)c1cccc(C(C)C)c1-n1ccnc1-c1cccc(Oc2ccc3c4c5c6ccccc6n(-c6ccccc6)c5ccc4n(-c4ccccn4)c3c2)c1. The van der Waals surface area contributed by atoms with Crippen molar-refractivity contribution in [3.63, 3.8) is 0 Å². The van der Waals surface area contributed by atoms with Gasteiger partial charge in [-0.15, -0.1) is 0 Å². The molecule has 0 aliphatic carbocycles. The molecule has 10 aromatic rings. The number of rotatable bonds is 8. The van der Waals surface area contributed by atoms with Crippen LogP contribution in [-0.4, -0.2) is 23.7 Å². The van der Waals surface area contributed by atoms with Crippen molar-refractivity contribution in [3.05, 3.63) is 175 Å². The smallest absolute Gasteiger partial charge is 0.144 e. The Bertz CT molecular complexity index is 3030. The standard InChI is InChI=1S/C50H41N5O/c1-32(2)38-19-13-20-39(33(3)4)49(38)53-29-28-52-50(53)34-14-12-17-36(30-34)56-37-23-24-41-45(31-37)55(46-22-10-11-27-51-46)44-26-25-43-47(48(41)44)40-18-8-9-21-42(40)54(43)35-15-6-5-7-16-35/h5-33H,1-4H3. The third-order valence-electron chi connectivity index (χ3n) is 11.0. The average Bonchev–Trinajstić information content (AvgIpc) is 3.94. The Morgan fingerprint density at radius 1 is 0.500 bits per heavy atom. The Morgan fingerprint density at radius 2 is 1.18 bits per heavy atom.